The van der Waals surface area contributed by atoms with Crippen LogP contribution in [-0.4, -0.2) is 12.8 Å². The number of fused-ring (bicyclic) bond motifs is 1. The van der Waals surface area contributed by atoms with Gasteiger partial charge in [0.1, 0.15) is 18.1 Å². The summed E-state index contributed by atoms with van der Waals surface area (Å²) in [6.07, 6.45) is 5.66. The summed E-state index contributed by atoms with van der Waals surface area (Å²) in [6.45, 7) is 0.731. The fourth-order valence-corrected chi connectivity index (χ4v) is 2.48. The van der Waals surface area contributed by atoms with Gasteiger partial charge in [-0.15, -0.1) is 0 Å². The quantitative estimate of drug-likeness (QED) is 0.768. The number of hydrogen-bond acceptors (Lipinski definition) is 4. The number of aldehydes is 1. The molecule has 0 N–H and O–H groups in total. The highest BCUT2D eigenvalue weighted by Crippen LogP contribution is 2.30. The van der Waals surface area contributed by atoms with Crippen molar-refractivity contribution in [3.63, 3.8) is 0 Å². The second kappa shape index (κ2) is 6.26. The number of rotatable bonds is 6. The molecule has 0 aliphatic heterocycles. The van der Waals surface area contributed by atoms with Gasteiger partial charge in [-0.05, 0) is 41.3 Å². The maximum absolute atomic E-state index is 11.4. The Morgan fingerprint density at radius 2 is 1.86 bits per heavy atom. The van der Waals surface area contributed by atoms with Crippen LogP contribution in [0.1, 0.15) is 27.0 Å². The molecule has 3 rings (SSSR count). The molecule has 2 aromatic rings. The van der Waals surface area contributed by atoms with E-state index in [1.165, 1.54) is 0 Å². The standard InChI is InChI=1S/C18H14O4/c19-10-17-16-3-1-2-14(16)6-9-18(17)21-11-13-4-7-15(8-5-13)22-12-20/h1-2,4-10,12H,3,11H2. The first kappa shape index (κ1) is 14.1. The Morgan fingerprint density at radius 1 is 1.05 bits per heavy atom. The highest BCUT2D eigenvalue weighted by atomic mass is 16.5. The van der Waals surface area contributed by atoms with E-state index in [-0.39, 0.29) is 0 Å². The lowest BCUT2D eigenvalue weighted by molar-refractivity contribution is -0.120. The third kappa shape index (κ3) is 2.76. The largest absolute Gasteiger partial charge is 0.488 e. The molecule has 1 aliphatic carbocycles. The zero-order valence-corrected chi connectivity index (χ0v) is 11.8. The van der Waals surface area contributed by atoms with Crippen molar-refractivity contribution in [2.75, 3.05) is 0 Å². The Bertz CT molecular complexity index is 729. The van der Waals surface area contributed by atoms with Crippen molar-refractivity contribution in [3.05, 3.63) is 64.7 Å². The number of allylic oxidation sites excluding steroid dienone is 1. The van der Waals surface area contributed by atoms with Crippen LogP contribution < -0.4 is 9.47 Å². The minimum atomic E-state index is 0.342. The lowest BCUT2D eigenvalue weighted by atomic mass is 10.0. The van der Waals surface area contributed by atoms with Crippen LogP contribution in [0.4, 0.5) is 0 Å². The molecule has 0 spiro atoms. The van der Waals surface area contributed by atoms with Gasteiger partial charge in [0.2, 0.25) is 0 Å². The van der Waals surface area contributed by atoms with Gasteiger partial charge in [-0.3, -0.25) is 9.59 Å². The molecule has 0 radical (unpaired) electrons. The number of carbonyl (C=O) groups excluding carboxylic acids is 2. The van der Waals surface area contributed by atoms with Crippen molar-refractivity contribution in [2.45, 2.75) is 13.0 Å². The third-order valence-electron chi connectivity index (χ3n) is 3.59. The lowest BCUT2D eigenvalue weighted by Crippen LogP contribution is -2.01. The third-order valence-corrected chi connectivity index (χ3v) is 3.59. The van der Waals surface area contributed by atoms with Gasteiger partial charge in [-0.1, -0.05) is 30.4 Å². The maximum Gasteiger partial charge on any atom is 0.298 e. The van der Waals surface area contributed by atoms with Gasteiger partial charge in [0.05, 0.1) is 5.56 Å². The van der Waals surface area contributed by atoms with Gasteiger partial charge in [0, 0.05) is 0 Å². The molecule has 0 saturated carbocycles. The van der Waals surface area contributed by atoms with Crippen LogP contribution in [0.15, 0.2) is 42.5 Å². The molecule has 0 unspecified atom stereocenters. The first-order valence-electron chi connectivity index (χ1n) is 6.91. The summed E-state index contributed by atoms with van der Waals surface area (Å²) in [5.74, 6) is 1.07. The molecule has 0 atom stereocenters. The van der Waals surface area contributed by atoms with Crippen molar-refractivity contribution in [1.82, 2.24) is 0 Å². The van der Waals surface area contributed by atoms with Gasteiger partial charge in [-0.2, -0.15) is 0 Å². The summed E-state index contributed by atoms with van der Waals surface area (Å²) in [6, 6.07) is 10.8. The molecule has 110 valence electrons. The number of hydrogen-bond donors (Lipinski definition) is 0. The van der Waals surface area contributed by atoms with Crippen LogP contribution in [0.25, 0.3) is 6.08 Å². The fourth-order valence-electron chi connectivity index (χ4n) is 2.48. The van der Waals surface area contributed by atoms with Crippen LogP contribution in [-0.2, 0) is 17.8 Å². The summed E-state index contributed by atoms with van der Waals surface area (Å²) in [7, 11) is 0. The molecule has 2 aromatic carbocycles. The molecule has 0 heterocycles. The summed E-state index contributed by atoms with van der Waals surface area (Å²) >= 11 is 0. The molecule has 0 saturated heterocycles. The molecule has 4 nitrogen and oxygen atoms in total. The van der Waals surface area contributed by atoms with E-state index in [1.54, 1.807) is 12.1 Å². The molecule has 0 aromatic heterocycles. The highest BCUT2D eigenvalue weighted by molar-refractivity contribution is 5.85. The Balaban J connectivity index is 1.74. The van der Waals surface area contributed by atoms with Gasteiger partial charge in [0.15, 0.2) is 6.29 Å². The topological polar surface area (TPSA) is 52.6 Å². The first-order chi connectivity index (χ1) is 10.8. The van der Waals surface area contributed by atoms with Gasteiger partial charge < -0.3 is 9.47 Å². The van der Waals surface area contributed by atoms with Crippen molar-refractivity contribution in [2.24, 2.45) is 0 Å². The molecular formula is C18H14O4. The molecule has 0 fully saturated rings. The average Bonchev–Trinajstić information content (AvgIpc) is 3.02. The number of carbonyl (C=O) groups is 2. The Hall–Kier alpha value is -2.88. The van der Waals surface area contributed by atoms with Crippen molar-refractivity contribution in [3.8, 4) is 11.5 Å². The van der Waals surface area contributed by atoms with E-state index < -0.39 is 0 Å². The first-order valence-corrected chi connectivity index (χ1v) is 6.91. The highest BCUT2D eigenvalue weighted by Gasteiger charge is 2.15. The molecule has 4 heteroatoms. The predicted octanol–water partition coefficient (Wildman–Crippen LogP) is 3.18. The van der Waals surface area contributed by atoms with Crippen LogP contribution >= 0.6 is 0 Å². The normalized spacial score (nSPS) is 11.8. The second-order valence-electron chi connectivity index (χ2n) is 4.92. The molecule has 22 heavy (non-hydrogen) atoms. The van der Waals surface area contributed by atoms with Crippen molar-refractivity contribution >= 4 is 18.8 Å². The van der Waals surface area contributed by atoms with E-state index in [4.69, 9.17) is 9.47 Å². The van der Waals surface area contributed by atoms with Crippen molar-refractivity contribution < 1.29 is 19.1 Å². The number of ether oxygens (including phenoxy) is 2. The summed E-state index contributed by atoms with van der Waals surface area (Å²) in [5.41, 5.74) is 3.63. The van der Waals surface area contributed by atoms with E-state index in [0.29, 0.717) is 30.1 Å². The van der Waals surface area contributed by atoms with E-state index in [2.05, 4.69) is 0 Å². The van der Waals surface area contributed by atoms with Crippen LogP contribution in [0.3, 0.4) is 0 Å². The Labute approximate surface area is 128 Å². The smallest absolute Gasteiger partial charge is 0.298 e. The molecule has 1 aliphatic rings. The molecule has 0 amide bonds. The maximum atomic E-state index is 11.4. The fraction of sp³-hybridized carbons (Fsp3) is 0.111. The van der Waals surface area contributed by atoms with E-state index in [0.717, 1.165) is 29.4 Å². The van der Waals surface area contributed by atoms with Crippen LogP contribution in [0.2, 0.25) is 0 Å². The lowest BCUT2D eigenvalue weighted by Gasteiger charge is -2.12. The minimum Gasteiger partial charge on any atom is -0.488 e. The monoisotopic (exact) mass is 294 g/mol. The van der Waals surface area contributed by atoms with Crippen LogP contribution in [0.5, 0.6) is 11.5 Å². The van der Waals surface area contributed by atoms with Gasteiger partial charge >= 0.3 is 0 Å². The van der Waals surface area contributed by atoms with Gasteiger partial charge in [-0.25, -0.2) is 0 Å². The SMILES string of the molecule is O=COc1ccc(COc2ccc3c(c2C=O)CC=C3)cc1. The van der Waals surface area contributed by atoms with Crippen molar-refractivity contribution in [1.29, 1.82) is 0 Å². The average molecular weight is 294 g/mol. The predicted molar refractivity (Wildman–Crippen MR) is 82.0 cm³/mol. The zero-order chi connectivity index (χ0) is 15.4. The summed E-state index contributed by atoms with van der Waals surface area (Å²) in [5, 5.41) is 0. The van der Waals surface area contributed by atoms with E-state index in [9.17, 15) is 9.59 Å². The molecule has 0 bridgehead atoms. The molecular weight excluding hydrogens is 280 g/mol. The van der Waals surface area contributed by atoms with E-state index in [1.807, 2.05) is 36.4 Å². The Morgan fingerprint density at radius 3 is 2.59 bits per heavy atom. The van der Waals surface area contributed by atoms with E-state index >= 15 is 0 Å². The Kier molecular flexibility index (Phi) is 4.01. The zero-order valence-electron chi connectivity index (χ0n) is 11.8. The van der Waals surface area contributed by atoms with Crippen LogP contribution in [0, 0.1) is 0 Å². The minimum absolute atomic E-state index is 0.342. The van der Waals surface area contributed by atoms with Gasteiger partial charge in [0.25, 0.3) is 6.47 Å². The summed E-state index contributed by atoms with van der Waals surface area (Å²) in [4.78, 5) is 21.6. The second-order valence-corrected chi connectivity index (χ2v) is 4.92. The number of benzene rings is 2. The summed E-state index contributed by atoms with van der Waals surface area (Å²) < 4.78 is 10.5.